The Morgan fingerprint density at radius 3 is 2.21 bits per heavy atom. The van der Waals surface area contributed by atoms with Crippen molar-refractivity contribution in [2.45, 2.75) is 13.0 Å². The van der Waals surface area contributed by atoms with E-state index >= 15 is 0 Å². The standard InChI is InChI=1S/C19H18N2O3/c1-13-18(23)20-11-12-21(13)19(24)16-9-7-15(8-10-16)17(22)14-5-3-2-4-6-14/h2-10,13H,11-12H2,1H3,(H,20,23). The van der Waals surface area contributed by atoms with Crippen molar-refractivity contribution in [3.05, 3.63) is 71.3 Å². The lowest BCUT2D eigenvalue weighted by Crippen LogP contribution is -2.55. The fraction of sp³-hybridized carbons (Fsp3) is 0.211. The molecule has 0 aromatic heterocycles. The Kier molecular flexibility index (Phi) is 4.42. The number of hydrogen-bond acceptors (Lipinski definition) is 3. The number of ketones is 1. The van der Waals surface area contributed by atoms with Crippen molar-refractivity contribution < 1.29 is 14.4 Å². The molecule has 0 saturated carbocycles. The van der Waals surface area contributed by atoms with E-state index in [1.54, 1.807) is 48.2 Å². The van der Waals surface area contributed by atoms with Crippen LogP contribution in [0.3, 0.4) is 0 Å². The summed E-state index contributed by atoms with van der Waals surface area (Å²) in [4.78, 5) is 38.2. The zero-order valence-electron chi connectivity index (χ0n) is 13.4. The number of carbonyl (C=O) groups is 3. The molecule has 2 aromatic rings. The second-order valence-electron chi connectivity index (χ2n) is 5.74. The van der Waals surface area contributed by atoms with Gasteiger partial charge in [0.25, 0.3) is 5.91 Å². The van der Waals surface area contributed by atoms with Crippen molar-refractivity contribution in [2.75, 3.05) is 13.1 Å². The monoisotopic (exact) mass is 322 g/mol. The summed E-state index contributed by atoms with van der Waals surface area (Å²) in [5.74, 6) is -0.429. The summed E-state index contributed by atoms with van der Waals surface area (Å²) in [7, 11) is 0. The molecule has 0 aliphatic carbocycles. The molecule has 1 atom stereocenters. The highest BCUT2D eigenvalue weighted by Gasteiger charge is 2.29. The Labute approximate surface area is 140 Å². The van der Waals surface area contributed by atoms with Crippen molar-refractivity contribution in [3.63, 3.8) is 0 Å². The van der Waals surface area contributed by atoms with Gasteiger partial charge in [-0.15, -0.1) is 0 Å². The summed E-state index contributed by atoms with van der Waals surface area (Å²) < 4.78 is 0. The van der Waals surface area contributed by atoms with Gasteiger partial charge in [0.2, 0.25) is 5.91 Å². The molecule has 5 heteroatoms. The highest BCUT2D eigenvalue weighted by atomic mass is 16.2. The fourth-order valence-corrected chi connectivity index (χ4v) is 2.75. The molecule has 1 fully saturated rings. The SMILES string of the molecule is CC1C(=O)NCCN1C(=O)c1ccc(C(=O)c2ccccc2)cc1. The van der Waals surface area contributed by atoms with Gasteiger partial charge in [-0.1, -0.05) is 42.5 Å². The van der Waals surface area contributed by atoms with Crippen LogP contribution in [0.5, 0.6) is 0 Å². The van der Waals surface area contributed by atoms with Gasteiger partial charge in [0.15, 0.2) is 5.78 Å². The minimum Gasteiger partial charge on any atom is -0.353 e. The predicted molar refractivity (Wildman–Crippen MR) is 89.8 cm³/mol. The molecule has 1 aliphatic heterocycles. The molecule has 1 N–H and O–H groups in total. The normalized spacial score (nSPS) is 17.3. The first-order valence-electron chi connectivity index (χ1n) is 7.86. The number of nitrogens with zero attached hydrogens (tertiary/aromatic N) is 1. The minimum atomic E-state index is -0.489. The first-order valence-corrected chi connectivity index (χ1v) is 7.86. The Hall–Kier alpha value is -2.95. The number of amides is 2. The van der Waals surface area contributed by atoms with Gasteiger partial charge in [0, 0.05) is 29.8 Å². The van der Waals surface area contributed by atoms with E-state index in [0.717, 1.165) is 0 Å². The van der Waals surface area contributed by atoms with Crippen LogP contribution in [0.4, 0.5) is 0 Å². The van der Waals surface area contributed by atoms with E-state index in [4.69, 9.17) is 0 Å². The molecule has 0 radical (unpaired) electrons. The second kappa shape index (κ2) is 6.66. The van der Waals surface area contributed by atoms with Gasteiger partial charge in [-0.3, -0.25) is 14.4 Å². The number of nitrogens with one attached hydrogen (secondary N) is 1. The number of benzene rings is 2. The first kappa shape index (κ1) is 15.9. The summed E-state index contributed by atoms with van der Waals surface area (Å²) in [6.07, 6.45) is 0. The molecular formula is C19H18N2O3. The van der Waals surface area contributed by atoms with Crippen LogP contribution in [-0.2, 0) is 4.79 Å². The van der Waals surface area contributed by atoms with Crippen molar-refractivity contribution in [1.82, 2.24) is 10.2 Å². The van der Waals surface area contributed by atoms with Crippen molar-refractivity contribution >= 4 is 17.6 Å². The van der Waals surface area contributed by atoms with Gasteiger partial charge in [-0.05, 0) is 19.1 Å². The summed E-state index contributed by atoms with van der Waals surface area (Å²) in [5, 5.41) is 2.73. The largest absolute Gasteiger partial charge is 0.353 e. The maximum absolute atomic E-state index is 12.6. The van der Waals surface area contributed by atoms with Crippen molar-refractivity contribution in [2.24, 2.45) is 0 Å². The first-order chi connectivity index (χ1) is 11.6. The van der Waals surface area contributed by atoms with E-state index in [2.05, 4.69) is 5.32 Å². The molecule has 2 aromatic carbocycles. The molecule has 0 spiro atoms. The average Bonchev–Trinajstić information content (AvgIpc) is 2.64. The molecule has 1 aliphatic rings. The Bertz CT molecular complexity index is 769. The smallest absolute Gasteiger partial charge is 0.254 e. The summed E-state index contributed by atoms with van der Waals surface area (Å²) >= 11 is 0. The molecule has 0 bridgehead atoms. The number of hydrogen-bond donors (Lipinski definition) is 1. The molecule has 24 heavy (non-hydrogen) atoms. The molecule has 1 unspecified atom stereocenters. The van der Waals surface area contributed by atoms with Crippen LogP contribution in [0.15, 0.2) is 54.6 Å². The molecule has 1 saturated heterocycles. The van der Waals surface area contributed by atoms with E-state index in [9.17, 15) is 14.4 Å². The Morgan fingerprint density at radius 2 is 1.54 bits per heavy atom. The zero-order valence-corrected chi connectivity index (χ0v) is 13.4. The number of carbonyl (C=O) groups excluding carboxylic acids is 3. The summed E-state index contributed by atoms with van der Waals surface area (Å²) in [5.41, 5.74) is 1.61. The second-order valence-corrected chi connectivity index (χ2v) is 5.74. The molecule has 1 heterocycles. The highest BCUT2D eigenvalue weighted by Crippen LogP contribution is 2.14. The molecular weight excluding hydrogens is 304 g/mol. The molecule has 5 nitrogen and oxygen atoms in total. The third kappa shape index (κ3) is 3.06. The van der Waals surface area contributed by atoms with Crippen LogP contribution in [0, 0.1) is 0 Å². The topological polar surface area (TPSA) is 66.5 Å². The zero-order chi connectivity index (χ0) is 17.1. The van der Waals surface area contributed by atoms with Crippen molar-refractivity contribution in [1.29, 1.82) is 0 Å². The van der Waals surface area contributed by atoms with Gasteiger partial charge in [-0.2, -0.15) is 0 Å². The van der Waals surface area contributed by atoms with Crippen LogP contribution in [0.2, 0.25) is 0 Å². The van der Waals surface area contributed by atoms with E-state index in [1.807, 2.05) is 18.2 Å². The lowest BCUT2D eigenvalue weighted by Gasteiger charge is -2.32. The number of piperazine rings is 1. The van der Waals surface area contributed by atoms with E-state index in [0.29, 0.717) is 29.8 Å². The molecule has 122 valence electrons. The van der Waals surface area contributed by atoms with E-state index in [1.165, 1.54) is 0 Å². The quantitative estimate of drug-likeness (QED) is 0.878. The lowest BCUT2D eigenvalue weighted by molar-refractivity contribution is -0.127. The van der Waals surface area contributed by atoms with Crippen LogP contribution in [0.25, 0.3) is 0 Å². The third-order valence-electron chi connectivity index (χ3n) is 4.19. The fourth-order valence-electron chi connectivity index (χ4n) is 2.75. The van der Waals surface area contributed by atoms with Gasteiger partial charge in [-0.25, -0.2) is 0 Å². The number of rotatable bonds is 3. The highest BCUT2D eigenvalue weighted by molar-refractivity contribution is 6.09. The van der Waals surface area contributed by atoms with Gasteiger partial charge < -0.3 is 10.2 Å². The van der Waals surface area contributed by atoms with E-state index < -0.39 is 6.04 Å². The van der Waals surface area contributed by atoms with Crippen LogP contribution in [0.1, 0.15) is 33.2 Å². The summed E-state index contributed by atoms with van der Waals surface area (Å²) in [6.45, 7) is 2.65. The predicted octanol–water partition coefficient (Wildman–Crippen LogP) is 1.88. The maximum Gasteiger partial charge on any atom is 0.254 e. The maximum atomic E-state index is 12.6. The lowest BCUT2D eigenvalue weighted by atomic mass is 10.0. The average molecular weight is 322 g/mol. The third-order valence-corrected chi connectivity index (χ3v) is 4.19. The van der Waals surface area contributed by atoms with Crippen LogP contribution < -0.4 is 5.32 Å². The Morgan fingerprint density at radius 1 is 0.958 bits per heavy atom. The summed E-state index contributed by atoms with van der Waals surface area (Å²) in [6, 6.07) is 15.1. The molecule has 2 amide bonds. The van der Waals surface area contributed by atoms with Gasteiger partial charge in [0.05, 0.1) is 0 Å². The molecule has 3 rings (SSSR count). The van der Waals surface area contributed by atoms with E-state index in [-0.39, 0.29) is 17.6 Å². The van der Waals surface area contributed by atoms with Crippen LogP contribution in [-0.4, -0.2) is 41.6 Å². The van der Waals surface area contributed by atoms with Crippen molar-refractivity contribution in [3.8, 4) is 0 Å². The Balaban J connectivity index is 1.78. The van der Waals surface area contributed by atoms with Crippen LogP contribution >= 0.6 is 0 Å². The van der Waals surface area contributed by atoms with Gasteiger partial charge >= 0.3 is 0 Å². The van der Waals surface area contributed by atoms with Gasteiger partial charge in [0.1, 0.15) is 6.04 Å². The minimum absolute atomic E-state index is 0.0830.